The Hall–Kier alpha value is -3.73. The molecule has 2 unspecified atom stereocenters. The van der Waals surface area contributed by atoms with Crippen molar-refractivity contribution in [1.29, 1.82) is 10.5 Å². The minimum absolute atomic E-state index is 0.102. The smallest absolute Gasteiger partial charge is 0.285 e. The zero-order valence-electron chi connectivity index (χ0n) is 20.9. The third-order valence-electron chi connectivity index (χ3n) is 7.21. The van der Waals surface area contributed by atoms with E-state index in [9.17, 15) is 10.1 Å². The molecule has 2 atom stereocenters. The molecule has 0 N–H and O–H groups in total. The fourth-order valence-corrected chi connectivity index (χ4v) is 6.10. The second-order valence-electron chi connectivity index (χ2n) is 9.29. The third-order valence-corrected chi connectivity index (χ3v) is 8.15. The predicted octanol–water partition coefficient (Wildman–Crippen LogP) is 3.55. The molecular formula is C26H28N8OS. The lowest BCUT2D eigenvalue weighted by atomic mass is 10.0. The summed E-state index contributed by atoms with van der Waals surface area (Å²) in [6.07, 6.45) is 2.71. The van der Waals surface area contributed by atoms with E-state index < -0.39 is 0 Å². The maximum atomic E-state index is 13.1. The molecule has 4 heterocycles. The summed E-state index contributed by atoms with van der Waals surface area (Å²) in [5, 5.41) is 20.2. The summed E-state index contributed by atoms with van der Waals surface area (Å²) in [5.74, 6) is 0. The minimum Gasteiger partial charge on any atom is -0.362 e. The minimum atomic E-state index is -0.361. The number of nitrogens with zero attached hydrogens (tertiary/aromatic N) is 8. The zero-order chi connectivity index (χ0) is 25.6. The summed E-state index contributed by atoms with van der Waals surface area (Å²) >= 11 is 1.72. The molecule has 0 spiro atoms. The molecule has 0 bridgehead atoms. The van der Waals surface area contributed by atoms with Crippen molar-refractivity contribution in [1.82, 2.24) is 24.1 Å². The predicted molar refractivity (Wildman–Crippen MR) is 140 cm³/mol. The number of hydrogen-bond donors (Lipinski definition) is 0. The van der Waals surface area contributed by atoms with E-state index in [1.807, 2.05) is 6.92 Å². The van der Waals surface area contributed by atoms with Crippen LogP contribution in [0.2, 0.25) is 0 Å². The van der Waals surface area contributed by atoms with E-state index in [2.05, 4.69) is 64.0 Å². The van der Waals surface area contributed by atoms with Gasteiger partial charge in [0.2, 0.25) is 0 Å². The van der Waals surface area contributed by atoms with Crippen LogP contribution in [-0.2, 0) is 13.5 Å². The molecular weight excluding hydrogens is 472 g/mol. The van der Waals surface area contributed by atoms with E-state index in [0.29, 0.717) is 23.6 Å². The molecule has 1 aromatic carbocycles. The van der Waals surface area contributed by atoms with Crippen molar-refractivity contribution >= 4 is 32.9 Å². The van der Waals surface area contributed by atoms with Crippen molar-refractivity contribution in [3.05, 3.63) is 56.6 Å². The zero-order valence-corrected chi connectivity index (χ0v) is 21.7. The van der Waals surface area contributed by atoms with Crippen molar-refractivity contribution in [3.63, 3.8) is 0 Å². The first kappa shape index (κ1) is 24.0. The van der Waals surface area contributed by atoms with Gasteiger partial charge in [-0.05, 0) is 38.0 Å². The Balaban J connectivity index is 1.50. The fraction of sp³-hybridized carbons (Fsp3) is 0.423. The summed E-state index contributed by atoms with van der Waals surface area (Å²) in [5.41, 5.74) is 3.74. The van der Waals surface area contributed by atoms with Crippen LogP contribution in [0.3, 0.4) is 0 Å². The number of hydrogen-bond acceptors (Lipinski definition) is 8. The highest BCUT2D eigenvalue weighted by Gasteiger charge is 2.33. The van der Waals surface area contributed by atoms with Crippen LogP contribution in [0, 0.1) is 29.6 Å². The van der Waals surface area contributed by atoms with Crippen molar-refractivity contribution in [3.8, 4) is 12.1 Å². The van der Waals surface area contributed by atoms with E-state index >= 15 is 0 Å². The second-order valence-corrected chi connectivity index (χ2v) is 10.5. The van der Waals surface area contributed by atoms with Crippen LogP contribution in [0.4, 0.5) is 5.69 Å². The highest BCUT2D eigenvalue weighted by molar-refractivity contribution is 7.18. The lowest BCUT2D eigenvalue weighted by Crippen LogP contribution is -2.54. The molecule has 10 heteroatoms. The van der Waals surface area contributed by atoms with Crippen LogP contribution in [-0.4, -0.2) is 49.7 Å². The molecule has 0 saturated carbocycles. The molecule has 1 fully saturated rings. The first-order valence-electron chi connectivity index (χ1n) is 12.1. The number of imidazole rings is 1. The third kappa shape index (κ3) is 3.93. The molecule has 3 aromatic heterocycles. The number of anilines is 1. The van der Waals surface area contributed by atoms with E-state index in [0.717, 1.165) is 30.0 Å². The Kier molecular flexibility index (Phi) is 6.25. The van der Waals surface area contributed by atoms with Crippen molar-refractivity contribution < 1.29 is 0 Å². The number of nitriles is 2. The number of aromatic nitrogens is 4. The van der Waals surface area contributed by atoms with E-state index in [4.69, 9.17) is 5.26 Å². The van der Waals surface area contributed by atoms with Crippen LogP contribution in [0.15, 0.2) is 29.2 Å². The maximum Gasteiger partial charge on any atom is 0.285 e. The first-order chi connectivity index (χ1) is 17.4. The summed E-state index contributed by atoms with van der Waals surface area (Å²) < 4.78 is 4.26. The summed E-state index contributed by atoms with van der Waals surface area (Å²) in [6.45, 7) is 8.66. The second kappa shape index (κ2) is 9.38. The largest absolute Gasteiger partial charge is 0.362 e. The Labute approximate surface area is 213 Å². The quantitative estimate of drug-likeness (QED) is 0.412. The maximum absolute atomic E-state index is 13.1. The van der Waals surface area contributed by atoms with Gasteiger partial charge < -0.3 is 4.90 Å². The molecule has 1 saturated heterocycles. The molecule has 4 aromatic rings. The van der Waals surface area contributed by atoms with Gasteiger partial charge in [-0.2, -0.15) is 10.5 Å². The van der Waals surface area contributed by atoms with Crippen LogP contribution < -0.4 is 10.5 Å². The summed E-state index contributed by atoms with van der Waals surface area (Å²) in [7, 11) is 1.62. The van der Waals surface area contributed by atoms with Gasteiger partial charge in [-0.25, -0.2) is 19.2 Å². The molecule has 1 aliphatic rings. The molecule has 36 heavy (non-hydrogen) atoms. The van der Waals surface area contributed by atoms with Gasteiger partial charge in [-0.3, -0.25) is 9.69 Å². The Morgan fingerprint density at radius 1 is 1.25 bits per heavy atom. The van der Waals surface area contributed by atoms with E-state index in [1.54, 1.807) is 29.1 Å². The Morgan fingerprint density at radius 2 is 2.06 bits per heavy atom. The number of fused-ring (bicyclic) bond motifs is 2. The van der Waals surface area contributed by atoms with Crippen LogP contribution >= 0.6 is 11.3 Å². The SMILES string of the molecule is CCC1CN(C(C)c2ccc3nc(C)sc3c2)CCN1c1c(C#N)c(=O)n(C)n2cc(CC#N)nc12. The highest BCUT2D eigenvalue weighted by Crippen LogP contribution is 2.33. The first-order valence-corrected chi connectivity index (χ1v) is 12.9. The number of rotatable bonds is 5. The van der Waals surface area contributed by atoms with Crippen molar-refractivity contribution in [2.24, 2.45) is 7.05 Å². The number of thiazole rings is 1. The molecule has 0 radical (unpaired) electrons. The number of benzene rings is 1. The molecule has 184 valence electrons. The summed E-state index contributed by atoms with van der Waals surface area (Å²) in [6, 6.07) is 11.1. The Morgan fingerprint density at radius 3 is 2.78 bits per heavy atom. The Bertz CT molecular complexity index is 1600. The van der Waals surface area contributed by atoms with Gasteiger partial charge in [0.25, 0.3) is 5.56 Å². The standard InChI is InChI=1S/C26H28N8OS/c1-5-20-15-32(16(2)18-6-7-22-23(12-18)36-17(3)29-22)10-11-33(20)24-21(13-28)26(35)31(4)34-14-19(8-9-27)30-25(24)34/h6-7,12,14,16,20H,5,8,10-11,15H2,1-4H3. The topological polar surface area (TPSA) is 106 Å². The average molecular weight is 501 g/mol. The van der Waals surface area contributed by atoms with Crippen molar-refractivity contribution in [2.45, 2.75) is 45.7 Å². The molecule has 5 rings (SSSR count). The van der Waals surface area contributed by atoms with Crippen LogP contribution in [0.5, 0.6) is 0 Å². The highest BCUT2D eigenvalue weighted by atomic mass is 32.1. The van der Waals surface area contributed by atoms with E-state index in [-0.39, 0.29) is 29.6 Å². The molecule has 0 aliphatic carbocycles. The van der Waals surface area contributed by atoms with Gasteiger partial charge in [0.05, 0.1) is 39.6 Å². The molecule has 1 aliphatic heterocycles. The fourth-order valence-electron chi connectivity index (χ4n) is 5.22. The van der Waals surface area contributed by atoms with Gasteiger partial charge >= 0.3 is 0 Å². The monoisotopic (exact) mass is 500 g/mol. The van der Waals surface area contributed by atoms with Gasteiger partial charge in [0.15, 0.2) is 5.65 Å². The number of piperazine rings is 1. The van der Waals surface area contributed by atoms with Crippen molar-refractivity contribution in [2.75, 3.05) is 24.5 Å². The summed E-state index contributed by atoms with van der Waals surface area (Å²) in [4.78, 5) is 27.0. The van der Waals surface area contributed by atoms with Gasteiger partial charge in [0, 0.05) is 38.8 Å². The van der Waals surface area contributed by atoms with Gasteiger partial charge in [-0.15, -0.1) is 11.3 Å². The van der Waals surface area contributed by atoms with Crippen LogP contribution in [0.1, 0.15) is 48.1 Å². The lowest BCUT2D eigenvalue weighted by molar-refractivity contribution is 0.169. The normalized spacial score (nSPS) is 17.4. The number of aryl methyl sites for hydroxylation is 2. The molecule has 0 amide bonds. The van der Waals surface area contributed by atoms with Gasteiger partial charge in [0.1, 0.15) is 17.3 Å². The van der Waals surface area contributed by atoms with E-state index in [1.165, 1.54) is 14.9 Å². The molecule has 9 nitrogen and oxygen atoms in total. The van der Waals surface area contributed by atoms with Gasteiger partial charge in [-0.1, -0.05) is 13.0 Å². The average Bonchev–Trinajstić information content (AvgIpc) is 3.47. The van der Waals surface area contributed by atoms with Crippen LogP contribution in [0.25, 0.3) is 15.9 Å². The lowest BCUT2D eigenvalue weighted by Gasteiger charge is -2.45.